The van der Waals surface area contributed by atoms with Crippen LogP contribution < -0.4 is 11.2 Å². The molecule has 0 radical (unpaired) electrons. The van der Waals surface area contributed by atoms with Gasteiger partial charge in [-0.3, -0.25) is 9.69 Å². The number of morpholine rings is 1. The first kappa shape index (κ1) is 20.7. The molecule has 2 aromatic carbocycles. The summed E-state index contributed by atoms with van der Waals surface area (Å²) in [6.45, 7) is 3.01. The van der Waals surface area contributed by atoms with Gasteiger partial charge in [-0.05, 0) is 21.1 Å². The highest BCUT2D eigenvalue weighted by molar-refractivity contribution is 6.00. The van der Waals surface area contributed by atoms with Gasteiger partial charge in [-0.15, -0.1) is 5.10 Å². The van der Waals surface area contributed by atoms with Gasteiger partial charge in [0.25, 0.3) is 5.91 Å². The molecule has 0 unspecified atom stereocenters. The average Bonchev–Trinajstić information content (AvgIpc) is 3.45. The lowest BCUT2D eigenvalue weighted by atomic mass is 10.1. The zero-order valence-corrected chi connectivity index (χ0v) is 17.6. The Balaban J connectivity index is 1.40. The molecule has 0 atom stereocenters. The third kappa shape index (κ3) is 4.29. The van der Waals surface area contributed by atoms with E-state index in [0.717, 1.165) is 16.3 Å². The Morgan fingerprint density at radius 1 is 1.15 bits per heavy atom. The Kier molecular flexibility index (Phi) is 5.74. The minimum absolute atomic E-state index is 0.0454. The standard InChI is InChI=1S/C21H21N9O3/c22-19-20(27-33-26-19)30-17(13-29-8-10-32-11-9-29)18(24-28-30)21(31)25-23-12-15-6-3-5-14-4-1-2-7-16(14)15/h1-7,12H,8-11,13H2,(H2,22,26)(H,25,31). The number of hydrogen-bond acceptors (Lipinski definition) is 10. The molecule has 0 aliphatic carbocycles. The number of hydrogen-bond donors (Lipinski definition) is 2. The van der Waals surface area contributed by atoms with E-state index in [4.69, 9.17) is 15.1 Å². The van der Waals surface area contributed by atoms with Gasteiger partial charge in [0.15, 0.2) is 5.69 Å². The number of nitrogens with two attached hydrogens (primary N) is 1. The van der Waals surface area contributed by atoms with Crippen LogP contribution >= 0.6 is 0 Å². The minimum Gasteiger partial charge on any atom is -0.379 e. The number of nitrogens with zero attached hydrogens (tertiary/aromatic N) is 7. The molecule has 1 saturated heterocycles. The van der Waals surface area contributed by atoms with Crippen LogP contribution in [-0.2, 0) is 11.3 Å². The highest BCUT2D eigenvalue weighted by Crippen LogP contribution is 2.19. The van der Waals surface area contributed by atoms with Gasteiger partial charge >= 0.3 is 0 Å². The number of carbonyl (C=O) groups is 1. The summed E-state index contributed by atoms with van der Waals surface area (Å²) in [7, 11) is 0. The molecule has 0 spiro atoms. The number of aromatic nitrogens is 5. The van der Waals surface area contributed by atoms with Gasteiger partial charge in [0, 0.05) is 25.2 Å². The topological polar surface area (TPSA) is 150 Å². The van der Waals surface area contributed by atoms with E-state index < -0.39 is 5.91 Å². The second-order valence-electron chi connectivity index (χ2n) is 7.43. The normalized spacial score (nSPS) is 14.8. The van der Waals surface area contributed by atoms with Gasteiger partial charge in [-0.2, -0.15) is 9.78 Å². The van der Waals surface area contributed by atoms with Crippen LogP contribution in [0.1, 0.15) is 21.7 Å². The van der Waals surface area contributed by atoms with Crippen LogP contribution in [0.4, 0.5) is 5.82 Å². The molecule has 1 amide bonds. The minimum atomic E-state index is -0.504. The first-order chi connectivity index (χ1) is 16.2. The molecule has 12 heteroatoms. The third-order valence-corrected chi connectivity index (χ3v) is 5.34. The van der Waals surface area contributed by atoms with Gasteiger partial charge in [0.1, 0.15) is 0 Å². The van der Waals surface area contributed by atoms with E-state index in [2.05, 4.69) is 36.1 Å². The molecule has 1 fully saturated rings. The van der Waals surface area contributed by atoms with Crippen molar-refractivity contribution < 1.29 is 14.2 Å². The molecule has 2 aromatic heterocycles. The molecular weight excluding hydrogens is 426 g/mol. The van der Waals surface area contributed by atoms with Crippen LogP contribution in [0.2, 0.25) is 0 Å². The van der Waals surface area contributed by atoms with Crippen LogP contribution in [0.15, 0.2) is 52.2 Å². The summed E-state index contributed by atoms with van der Waals surface area (Å²) in [5, 5.41) is 21.8. The van der Waals surface area contributed by atoms with Crippen molar-refractivity contribution in [2.45, 2.75) is 6.54 Å². The van der Waals surface area contributed by atoms with E-state index in [0.29, 0.717) is 38.5 Å². The van der Waals surface area contributed by atoms with Crippen LogP contribution in [-0.4, -0.2) is 68.6 Å². The number of carbonyl (C=O) groups excluding carboxylic acids is 1. The number of nitrogen functional groups attached to an aromatic ring is 1. The van der Waals surface area contributed by atoms with Crippen molar-refractivity contribution in [2.24, 2.45) is 5.10 Å². The van der Waals surface area contributed by atoms with E-state index in [-0.39, 0.29) is 17.3 Å². The molecule has 5 rings (SSSR count). The molecule has 1 aliphatic rings. The fourth-order valence-electron chi connectivity index (χ4n) is 3.68. The second-order valence-corrected chi connectivity index (χ2v) is 7.43. The number of benzene rings is 2. The molecule has 0 bridgehead atoms. The molecule has 168 valence electrons. The quantitative estimate of drug-likeness (QED) is 0.326. The Hall–Kier alpha value is -4.16. The van der Waals surface area contributed by atoms with Crippen LogP contribution in [0.3, 0.4) is 0 Å². The number of anilines is 1. The van der Waals surface area contributed by atoms with Crippen molar-refractivity contribution in [1.82, 2.24) is 35.6 Å². The van der Waals surface area contributed by atoms with Gasteiger partial charge in [-0.1, -0.05) is 47.7 Å². The molecule has 33 heavy (non-hydrogen) atoms. The third-order valence-electron chi connectivity index (χ3n) is 5.34. The summed E-state index contributed by atoms with van der Waals surface area (Å²) >= 11 is 0. The SMILES string of the molecule is Nc1nonc1-n1nnc(C(=O)NN=Cc2cccc3ccccc23)c1CN1CCOCC1. The average molecular weight is 447 g/mol. The van der Waals surface area contributed by atoms with Crippen molar-refractivity contribution in [3.8, 4) is 5.82 Å². The fraction of sp³-hybridized carbons (Fsp3) is 0.238. The van der Waals surface area contributed by atoms with E-state index in [1.54, 1.807) is 6.21 Å². The van der Waals surface area contributed by atoms with Crippen molar-refractivity contribution in [3.05, 3.63) is 59.4 Å². The zero-order chi connectivity index (χ0) is 22.6. The van der Waals surface area contributed by atoms with E-state index in [1.165, 1.54) is 4.68 Å². The zero-order valence-electron chi connectivity index (χ0n) is 17.6. The van der Waals surface area contributed by atoms with E-state index >= 15 is 0 Å². The first-order valence-corrected chi connectivity index (χ1v) is 10.3. The molecule has 3 heterocycles. The number of nitrogens with one attached hydrogen (secondary N) is 1. The van der Waals surface area contributed by atoms with E-state index in [9.17, 15) is 4.79 Å². The monoisotopic (exact) mass is 447 g/mol. The van der Waals surface area contributed by atoms with Crippen molar-refractivity contribution in [1.29, 1.82) is 0 Å². The molecule has 3 N–H and O–H groups in total. The predicted molar refractivity (Wildman–Crippen MR) is 119 cm³/mol. The Morgan fingerprint density at radius 3 is 2.79 bits per heavy atom. The number of rotatable bonds is 6. The Morgan fingerprint density at radius 2 is 1.97 bits per heavy atom. The van der Waals surface area contributed by atoms with Crippen molar-refractivity contribution >= 4 is 28.7 Å². The lowest BCUT2D eigenvalue weighted by molar-refractivity contribution is 0.0332. The van der Waals surface area contributed by atoms with E-state index in [1.807, 2.05) is 42.5 Å². The molecule has 1 aliphatic heterocycles. The Bertz CT molecular complexity index is 1300. The first-order valence-electron chi connectivity index (χ1n) is 10.3. The number of hydrazone groups is 1. The lowest BCUT2D eigenvalue weighted by Gasteiger charge is -2.26. The summed E-state index contributed by atoms with van der Waals surface area (Å²) in [6.07, 6.45) is 1.60. The highest BCUT2D eigenvalue weighted by atomic mass is 16.6. The number of fused-ring (bicyclic) bond motifs is 1. The summed E-state index contributed by atoms with van der Waals surface area (Å²) in [5.74, 6) is -0.288. The van der Waals surface area contributed by atoms with Crippen molar-refractivity contribution in [2.75, 3.05) is 32.0 Å². The molecular formula is C21H21N9O3. The second kappa shape index (κ2) is 9.14. The number of ether oxygens (including phenoxy) is 1. The van der Waals surface area contributed by atoms with Gasteiger partial charge in [-0.25, -0.2) is 10.1 Å². The van der Waals surface area contributed by atoms with Crippen LogP contribution in [0.5, 0.6) is 0 Å². The fourth-order valence-corrected chi connectivity index (χ4v) is 3.68. The highest BCUT2D eigenvalue weighted by Gasteiger charge is 2.26. The Labute approximate surface area is 187 Å². The summed E-state index contributed by atoms with van der Waals surface area (Å²) < 4.78 is 11.5. The van der Waals surface area contributed by atoms with Gasteiger partial charge in [0.05, 0.1) is 25.1 Å². The predicted octanol–water partition coefficient (Wildman–Crippen LogP) is 0.982. The van der Waals surface area contributed by atoms with Crippen LogP contribution in [0.25, 0.3) is 16.6 Å². The van der Waals surface area contributed by atoms with Gasteiger partial charge < -0.3 is 10.5 Å². The maximum absolute atomic E-state index is 13.0. The summed E-state index contributed by atoms with van der Waals surface area (Å²) in [6, 6.07) is 13.8. The van der Waals surface area contributed by atoms with Crippen molar-refractivity contribution in [3.63, 3.8) is 0 Å². The number of amides is 1. The summed E-state index contributed by atoms with van der Waals surface area (Å²) in [4.78, 5) is 15.1. The molecule has 12 nitrogen and oxygen atoms in total. The smallest absolute Gasteiger partial charge is 0.293 e. The molecule has 0 saturated carbocycles. The van der Waals surface area contributed by atoms with Crippen LogP contribution in [0, 0.1) is 0 Å². The lowest BCUT2D eigenvalue weighted by Crippen LogP contribution is -2.37. The molecule has 4 aromatic rings. The maximum atomic E-state index is 13.0. The largest absolute Gasteiger partial charge is 0.379 e. The van der Waals surface area contributed by atoms with Gasteiger partial charge in [0.2, 0.25) is 11.6 Å². The maximum Gasteiger partial charge on any atom is 0.293 e. The summed E-state index contributed by atoms with van der Waals surface area (Å²) in [5.41, 5.74) is 9.87.